The molecular weight excluding hydrogens is 530 g/mol. The highest BCUT2D eigenvalue weighted by molar-refractivity contribution is 7.97. The standard InChI is InChI=1S/C30H28F2N6OS/c1-36-17-28(34-18-36)40-38(24-8-9-24)25-5-2-20-12-27-19(16-35-37(27)23-6-3-21(31)4-7-23)14-30(20,15-25)29(39)26-13-22(32)10-11-33-26/h3-4,6-7,10-13,16-18,24-25H,2,5,8-9,14-15H2,1H3. The zero-order valence-corrected chi connectivity index (χ0v) is 22.8. The number of fused-ring (bicyclic) bond motifs is 2. The number of aromatic nitrogens is 5. The Balaban J connectivity index is 1.28. The predicted molar refractivity (Wildman–Crippen MR) is 148 cm³/mol. The average Bonchev–Trinajstić information content (AvgIpc) is 3.60. The molecule has 7 nitrogen and oxygen atoms in total. The van der Waals surface area contributed by atoms with Crippen LogP contribution in [0, 0.1) is 17.0 Å². The summed E-state index contributed by atoms with van der Waals surface area (Å²) in [5.41, 5.74) is 2.91. The summed E-state index contributed by atoms with van der Waals surface area (Å²) in [5, 5.41) is 5.56. The lowest BCUT2D eigenvalue weighted by molar-refractivity contribution is 0.0739. The van der Waals surface area contributed by atoms with Gasteiger partial charge in [0.1, 0.15) is 22.4 Å². The minimum Gasteiger partial charge on any atom is -0.339 e. The number of imidazole rings is 1. The van der Waals surface area contributed by atoms with E-state index in [1.807, 2.05) is 17.8 Å². The van der Waals surface area contributed by atoms with Crippen LogP contribution in [0.5, 0.6) is 0 Å². The minimum atomic E-state index is -0.856. The summed E-state index contributed by atoms with van der Waals surface area (Å²) in [7, 11) is 1.96. The van der Waals surface area contributed by atoms with Gasteiger partial charge in [0.05, 0.1) is 29.3 Å². The molecule has 204 valence electrons. The van der Waals surface area contributed by atoms with Gasteiger partial charge in [-0.2, -0.15) is 5.10 Å². The molecule has 3 aliphatic rings. The Kier molecular flexibility index (Phi) is 6.20. The van der Waals surface area contributed by atoms with Gasteiger partial charge in [0.15, 0.2) is 5.78 Å². The Morgan fingerprint density at radius 2 is 1.90 bits per heavy atom. The summed E-state index contributed by atoms with van der Waals surface area (Å²) >= 11 is 1.67. The monoisotopic (exact) mass is 558 g/mol. The third-order valence-electron chi connectivity index (χ3n) is 8.24. The molecule has 0 amide bonds. The summed E-state index contributed by atoms with van der Waals surface area (Å²) < 4.78 is 34.1. The van der Waals surface area contributed by atoms with Gasteiger partial charge >= 0.3 is 0 Å². The Bertz CT molecular complexity index is 1630. The van der Waals surface area contributed by atoms with Crippen molar-refractivity contribution in [1.82, 2.24) is 28.6 Å². The Morgan fingerprint density at radius 3 is 2.62 bits per heavy atom. The van der Waals surface area contributed by atoms with E-state index < -0.39 is 11.2 Å². The van der Waals surface area contributed by atoms with Crippen LogP contribution in [0.4, 0.5) is 8.78 Å². The second-order valence-corrected chi connectivity index (χ2v) is 12.0. The fourth-order valence-corrected chi connectivity index (χ4v) is 7.40. The quantitative estimate of drug-likeness (QED) is 0.211. The first-order chi connectivity index (χ1) is 19.4. The van der Waals surface area contributed by atoms with Gasteiger partial charge in [0.25, 0.3) is 0 Å². The van der Waals surface area contributed by atoms with E-state index in [0.717, 1.165) is 53.2 Å². The molecule has 3 heterocycles. The first kappa shape index (κ1) is 25.3. The molecule has 0 bridgehead atoms. The molecule has 10 heteroatoms. The summed E-state index contributed by atoms with van der Waals surface area (Å²) in [6.45, 7) is 0. The maximum atomic E-state index is 14.4. The number of ketones is 1. The van der Waals surface area contributed by atoms with Gasteiger partial charge in [-0.15, -0.1) is 0 Å². The number of carbonyl (C=O) groups excluding carboxylic acids is 1. The molecular formula is C30H28F2N6OS. The van der Waals surface area contributed by atoms with E-state index in [9.17, 15) is 13.6 Å². The van der Waals surface area contributed by atoms with Crippen molar-refractivity contribution in [2.45, 2.75) is 55.6 Å². The van der Waals surface area contributed by atoms with Gasteiger partial charge in [0, 0.05) is 37.6 Å². The molecule has 0 N–H and O–H groups in total. The number of rotatable bonds is 7. The lowest BCUT2D eigenvalue weighted by Gasteiger charge is -2.46. The van der Waals surface area contributed by atoms with Crippen molar-refractivity contribution in [3.05, 3.63) is 95.5 Å². The third-order valence-corrected chi connectivity index (χ3v) is 9.45. The number of hydrogen-bond donors (Lipinski definition) is 0. The van der Waals surface area contributed by atoms with Gasteiger partial charge in [-0.25, -0.2) is 22.8 Å². The first-order valence-corrected chi connectivity index (χ1v) is 14.3. The van der Waals surface area contributed by atoms with E-state index >= 15 is 0 Å². The summed E-state index contributed by atoms with van der Waals surface area (Å²) in [6.07, 6.45) is 14.0. The van der Waals surface area contributed by atoms with Gasteiger partial charge in [-0.05, 0) is 92.4 Å². The van der Waals surface area contributed by atoms with Crippen molar-refractivity contribution in [2.75, 3.05) is 0 Å². The van der Waals surface area contributed by atoms with E-state index in [1.165, 1.54) is 30.5 Å². The smallest absolute Gasteiger partial charge is 0.191 e. The number of pyridine rings is 1. The van der Waals surface area contributed by atoms with Crippen LogP contribution in [0.15, 0.2) is 71.9 Å². The number of carbonyl (C=O) groups is 1. The normalized spacial score (nSPS) is 22.1. The van der Waals surface area contributed by atoms with Crippen LogP contribution in [0.1, 0.15) is 53.8 Å². The van der Waals surface area contributed by atoms with Crippen molar-refractivity contribution in [3.63, 3.8) is 0 Å². The highest BCUT2D eigenvalue weighted by atomic mass is 32.2. The fraction of sp³-hybridized carbons (Fsp3) is 0.333. The van der Waals surface area contributed by atoms with E-state index in [1.54, 1.807) is 41.3 Å². The van der Waals surface area contributed by atoms with Crippen LogP contribution in [-0.4, -0.2) is 46.5 Å². The topological polar surface area (TPSA) is 68.8 Å². The predicted octanol–water partition coefficient (Wildman–Crippen LogP) is 5.81. The average molecular weight is 559 g/mol. The zero-order chi connectivity index (χ0) is 27.4. The molecule has 40 heavy (non-hydrogen) atoms. The molecule has 3 aliphatic carbocycles. The van der Waals surface area contributed by atoms with Crippen LogP contribution in [0.2, 0.25) is 0 Å². The molecule has 0 aliphatic heterocycles. The third kappa shape index (κ3) is 4.49. The molecule has 0 radical (unpaired) electrons. The lowest BCUT2D eigenvalue weighted by Crippen LogP contribution is -2.48. The zero-order valence-electron chi connectivity index (χ0n) is 22.0. The fourth-order valence-electron chi connectivity index (χ4n) is 6.18. The van der Waals surface area contributed by atoms with E-state index in [2.05, 4.69) is 25.4 Å². The van der Waals surface area contributed by atoms with Gasteiger partial charge < -0.3 is 4.57 Å². The van der Waals surface area contributed by atoms with E-state index in [4.69, 9.17) is 0 Å². The Hall–Kier alpha value is -3.63. The van der Waals surface area contributed by atoms with Crippen molar-refractivity contribution in [1.29, 1.82) is 0 Å². The van der Waals surface area contributed by atoms with Gasteiger partial charge in [-0.3, -0.25) is 9.78 Å². The van der Waals surface area contributed by atoms with Crippen molar-refractivity contribution in [2.24, 2.45) is 12.5 Å². The Morgan fingerprint density at radius 1 is 1.07 bits per heavy atom. The first-order valence-electron chi connectivity index (χ1n) is 13.5. The van der Waals surface area contributed by atoms with Crippen LogP contribution >= 0.6 is 11.9 Å². The largest absolute Gasteiger partial charge is 0.339 e. The summed E-state index contributed by atoms with van der Waals surface area (Å²) in [6, 6.07) is 9.33. The van der Waals surface area contributed by atoms with Crippen molar-refractivity contribution < 1.29 is 13.6 Å². The number of benzene rings is 1. The van der Waals surface area contributed by atoms with E-state index in [-0.39, 0.29) is 23.3 Å². The number of aryl methyl sites for hydroxylation is 1. The number of hydrogen-bond acceptors (Lipinski definition) is 6. The summed E-state index contributed by atoms with van der Waals surface area (Å²) in [5.74, 6) is -0.933. The highest BCUT2D eigenvalue weighted by Crippen LogP contribution is 2.53. The molecule has 2 atom stereocenters. The molecule has 2 saturated carbocycles. The molecule has 7 rings (SSSR count). The number of nitrogens with zero attached hydrogens (tertiary/aromatic N) is 6. The molecule has 0 saturated heterocycles. The van der Waals surface area contributed by atoms with Crippen LogP contribution in [0.25, 0.3) is 11.8 Å². The molecule has 1 aromatic carbocycles. The van der Waals surface area contributed by atoms with Gasteiger partial charge in [0.2, 0.25) is 0 Å². The van der Waals surface area contributed by atoms with Crippen LogP contribution in [0.3, 0.4) is 0 Å². The van der Waals surface area contributed by atoms with E-state index in [0.29, 0.717) is 18.9 Å². The van der Waals surface area contributed by atoms with Crippen molar-refractivity contribution in [3.8, 4) is 5.69 Å². The molecule has 3 aromatic heterocycles. The lowest BCUT2D eigenvalue weighted by atomic mass is 9.60. The summed E-state index contributed by atoms with van der Waals surface area (Å²) in [4.78, 5) is 23.2. The minimum absolute atomic E-state index is 0.142. The molecule has 2 fully saturated rings. The van der Waals surface area contributed by atoms with Crippen molar-refractivity contribution >= 4 is 23.8 Å². The number of halogens is 2. The van der Waals surface area contributed by atoms with Gasteiger partial charge in [-0.1, -0.05) is 5.57 Å². The van der Waals surface area contributed by atoms with Crippen LogP contribution in [-0.2, 0) is 13.5 Å². The maximum Gasteiger partial charge on any atom is 0.191 e. The van der Waals surface area contributed by atoms with Crippen LogP contribution < -0.4 is 0 Å². The molecule has 2 unspecified atom stereocenters. The highest BCUT2D eigenvalue weighted by Gasteiger charge is 2.52. The Labute approximate surface area is 235 Å². The second-order valence-electron chi connectivity index (χ2n) is 11.0. The molecule has 0 spiro atoms. The SMILES string of the molecule is Cn1cnc(SN(C2CC2)C2CCC3=Cc4c(cnn4-c4ccc(F)cc4)CC3(C(=O)c3cc(F)ccn3)C2)c1. The maximum absolute atomic E-state index is 14.4. The number of allylic oxidation sites excluding steroid dienone is 1. The number of Topliss-reactive ketones (excluding diaryl/α,β-unsaturated/α-hetero) is 1. The second kappa shape index (κ2) is 9.78. The molecule has 4 aromatic rings.